The third kappa shape index (κ3) is 6.01. The van der Waals surface area contributed by atoms with Crippen LogP contribution in [0, 0.1) is 17.7 Å². The van der Waals surface area contributed by atoms with Crippen LogP contribution in [-0.2, 0) is 20.9 Å². The first-order chi connectivity index (χ1) is 14.5. The van der Waals surface area contributed by atoms with Gasteiger partial charge in [0.2, 0.25) is 6.10 Å². The van der Waals surface area contributed by atoms with Gasteiger partial charge < -0.3 is 14.5 Å². The van der Waals surface area contributed by atoms with Gasteiger partial charge >= 0.3 is 0 Å². The molecule has 0 saturated carbocycles. The number of hydrogen-bond acceptors (Lipinski definition) is 5. The van der Waals surface area contributed by atoms with Crippen molar-refractivity contribution in [1.82, 2.24) is 9.80 Å². The number of ether oxygens (including phenoxy) is 1. The Kier molecular flexibility index (Phi) is 8.22. The van der Waals surface area contributed by atoms with Crippen LogP contribution >= 0.6 is 0 Å². The fraction of sp³-hybridized carbons (Fsp3) is 0.652. The summed E-state index contributed by atoms with van der Waals surface area (Å²) in [7, 11) is 1.65. The summed E-state index contributed by atoms with van der Waals surface area (Å²) < 4.78 is 19.1. The van der Waals surface area contributed by atoms with Gasteiger partial charge in [-0.15, -0.1) is 0 Å². The van der Waals surface area contributed by atoms with Crippen molar-refractivity contribution >= 4 is 11.6 Å². The molecule has 2 aliphatic rings. The van der Waals surface area contributed by atoms with Crippen LogP contribution < -0.4 is 0 Å². The lowest BCUT2D eigenvalue weighted by atomic mass is 9.95. The first-order valence-corrected chi connectivity index (χ1v) is 10.9. The fourth-order valence-electron chi connectivity index (χ4n) is 4.07. The SMILES string of the molecule is COCCN(CC1CCN(Cc2ccccc2F)CC1)C(=O)C1CC(C(C)C)=NO1. The molecule has 30 heavy (non-hydrogen) atoms. The van der Waals surface area contributed by atoms with Gasteiger partial charge in [0.15, 0.2) is 0 Å². The Balaban J connectivity index is 1.51. The second-order valence-corrected chi connectivity index (χ2v) is 8.62. The Labute approximate surface area is 179 Å². The van der Waals surface area contributed by atoms with Crippen molar-refractivity contribution in [3.05, 3.63) is 35.6 Å². The Bertz CT molecular complexity index is 732. The monoisotopic (exact) mass is 419 g/mol. The number of nitrogens with zero attached hydrogens (tertiary/aromatic N) is 3. The van der Waals surface area contributed by atoms with E-state index in [4.69, 9.17) is 9.57 Å². The van der Waals surface area contributed by atoms with Crippen LogP contribution in [0.2, 0.25) is 0 Å². The summed E-state index contributed by atoms with van der Waals surface area (Å²) in [5, 5.41) is 4.10. The maximum absolute atomic E-state index is 13.9. The molecule has 1 unspecified atom stereocenters. The van der Waals surface area contributed by atoms with Gasteiger partial charge in [-0.3, -0.25) is 9.69 Å². The van der Waals surface area contributed by atoms with Crippen LogP contribution in [0.25, 0.3) is 0 Å². The minimum atomic E-state index is -0.514. The van der Waals surface area contributed by atoms with Crippen molar-refractivity contribution in [3.63, 3.8) is 0 Å². The molecule has 1 aromatic carbocycles. The molecule has 0 spiro atoms. The summed E-state index contributed by atoms with van der Waals surface area (Å²) in [6.45, 7) is 8.34. The van der Waals surface area contributed by atoms with E-state index < -0.39 is 6.10 Å². The number of likely N-dealkylation sites (tertiary alicyclic amines) is 1. The highest BCUT2D eigenvalue weighted by atomic mass is 19.1. The van der Waals surface area contributed by atoms with E-state index in [2.05, 4.69) is 23.9 Å². The summed E-state index contributed by atoms with van der Waals surface area (Å²) in [5.74, 6) is 0.569. The van der Waals surface area contributed by atoms with E-state index in [0.29, 0.717) is 38.6 Å². The summed E-state index contributed by atoms with van der Waals surface area (Å²) in [6, 6.07) is 6.96. The third-order valence-electron chi connectivity index (χ3n) is 6.05. The van der Waals surface area contributed by atoms with Gasteiger partial charge in [-0.2, -0.15) is 0 Å². The van der Waals surface area contributed by atoms with Gasteiger partial charge in [0.05, 0.1) is 12.3 Å². The Morgan fingerprint density at radius 1 is 1.33 bits per heavy atom. The van der Waals surface area contributed by atoms with E-state index >= 15 is 0 Å². The standard InChI is InChI=1S/C23H34FN3O3/c1-17(2)21-14-22(30-25-21)23(28)27(12-13-29-3)15-18-8-10-26(11-9-18)16-19-6-4-5-7-20(19)24/h4-7,17-18,22H,8-16H2,1-3H3. The molecular formula is C23H34FN3O3. The minimum absolute atomic E-state index is 0.000219. The minimum Gasteiger partial charge on any atom is -0.383 e. The maximum Gasteiger partial charge on any atom is 0.266 e. The summed E-state index contributed by atoms with van der Waals surface area (Å²) in [5.41, 5.74) is 1.69. The molecule has 1 aromatic rings. The molecule has 0 bridgehead atoms. The van der Waals surface area contributed by atoms with E-state index in [-0.39, 0.29) is 17.6 Å². The lowest BCUT2D eigenvalue weighted by Gasteiger charge is -2.35. The van der Waals surface area contributed by atoms with Crippen LogP contribution in [0.3, 0.4) is 0 Å². The van der Waals surface area contributed by atoms with Crippen molar-refractivity contribution in [2.75, 3.05) is 39.9 Å². The number of rotatable bonds is 9. The molecule has 6 nitrogen and oxygen atoms in total. The molecule has 1 fully saturated rings. The number of piperidine rings is 1. The van der Waals surface area contributed by atoms with Crippen molar-refractivity contribution in [1.29, 1.82) is 0 Å². The Hall–Kier alpha value is -1.99. The van der Waals surface area contributed by atoms with Gasteiger partial charge in [0.1, 0.15) is 5.82 Å². The second kappa shape index (κ2) is 10.9. The molecule has 7 heteroatoms. The predicted molar refractivity (Wildman–Crippen MR) is 115 cm³/mol. The van der Waals surface area contributed by atoms with Crippen LogP contribution in [0.5, 0.6) is 0 Å². The molecule has 166 valence electrons. The second-order valence-electron chi connectivity index (χ2n) is 8.62. The Morgan fingerprint density at radius 2 is 2.07 bits per heavy atom. The van der Waals surface area contributed by atoms with E-state index in [1.165, 1.54) is 6.07 Å². The van der Waals surface area contributed by atoms with Crippen LogP contribution in [0.15, 0.2) is 29.4 Å². The largest absolute Gasteiger partial charge is 0.383 e. The number of amides is 1. The zero-order chi connectivity index (χ0) is 21.5. The summed E-state index contributed by atoms with van der Waals surface area (Å²) in [6.07, 6.45) is 2.04. The molecule has 0 radical (unpaired) electrons. The zero-order valence-corrected chi connectivity index (χ0v) is 18.3. The van der Waals surface area contributed by atoms with Gasteiger partial charge in [-0.25, -0.2) is 4.39 Å². The highest BCUT2D eigenvalue weighted by molar-refractivity contribution is 5.93. The van der Waals surface area contributed by atoms with Crippen LogP contribution in [0.4, 0.5) is 4.39 Å². The molecule has 2 heterocycles. The number of hydrogen-bond donors (Lipinski definition) is 0. The molecule has 1 saturated heterocycles. The lowest BCUT2D eigenvalue weighted by Crippen LogP contribution is -2.45. The highest BCUT2D eigenvalue weighted by Crippen LogP contribution is 2.23. The number of carbonyl (C=O) groups is 1. The molecule has 2 aliphatic heterocycles. The third-order valence-corrected chi connectivity index (χ3v) is 6.05. The van der Waals surface area contributed by atoms with Crippen molar-refractivity contribution in [2.24, 2.45) is 17.0 Å². The van der Waals surface area contributed by atoms with Gasteiger partial charge in [0.25, 0.3) is 5.91 Å². The van der Waals surface area contributed by atoms with Crippen LogP contribution in [-0.4, -0.2) is 67.4 Å². The summed E-state index contributed by atoms with van der Waals surface area (Å²) >= 11 is 0. The lowest BCUT2D eigenvalue weighted by molar-refractivity contribution is -0.143. The molecule has 1 amide bonds. The smallest absolute Gasteiger partial charge is 0.266 e. The fourth-order valence-corrected chi connectivity index (χ4v) is 4.07. The molecule has 0 aromatic heterocycles. The molecule has 3 rings (SSSR count). The van der Waals surface area contributed by atoms with Crippen LogP contribution in [0.1, 0.15) is 38.7 Å². The number of oxime groups is 1. The number of halogens is 1. The first-order valence-electron chi connectivity index (χ1n) is 10.9. The molecule has 0 aliphatic carbocycles. The van der Waals surface area contributed by atoms with Crippen molar-refractivity contribution in [3.8, 4) is 0 Å². The zero-order valence-electron chi connectivity index (χ0n) is 18.3. The molecule has 0 N–H and O–H groups in total. The van der Waals surface area contributed by atoms with E-state index in [9.17, 15) is 9.18 Å². The molecule has 1 atom stereocenters. The van der Waals surface area contributed by atoms with E-state index in [0.717, 1.165) is 37.2 Å². The first kappa shape index (κ1) is 22.7. The van der Waals surface area contributed by atoms with Crippen molar-refractivity contribution < 1.29 is 18.8 Å². The van der Waals surface area contributed by atoms with E-state index in [1.807, 2.05) is 17.0 Å². The summed E-state index contributed by atoms with van der Waals surface area (Å²) in [4.78, 5) is 22.7. The average molecular weight is 420 g/mol. The maximum atomic E-state index is 13.9. The highest BCUT2D eigenvalue weighted by Gasteiger charge is 2.34. The number of benzene rings is 1. The van der Waals surface area contributed by atoms with E-state index in [1.54, 1.807) is 13.2 Å². The number of methoxy groups -OCH3 is 1. The van der Waals surface area contributed by atoms with Gasteiger partial charge in [0, 0.05) is 38.7 Å². The molecular weight excluding hydrogens is 385 g/mol. The number of carbonyl (C=O) groups excluding carboxylic acids is 1. The van der Waals surface area contributed by atoms with Crippen molar-refractivity contribution in [2.45, 2.75) is 45.8 Å². The quantitative estimate of drug-likeness (QED) is 0.616. The topological polar surface area (TPSA) is 54.4 Å². The van der Waals surface area contributed by atoms with Gasteiger partial charge in [-0.05, 0) is 43.8 Å². The van der Waals surface area contributed by atoms with Gasteiger partial charge in [-0.1, -0.05) is 37.2 Å². The average Bonchev–Trinajstić information content (AvgIpc) is 3.24. The Morgan fingerprint density at radius 3 is 2.70 bits per heavy atom. The normalized spacial score (nSPS) is 20.3. The predicted octanol–water partition coefficient (Wildman–Crippen LogP) is 3.31.